The summed E-state index contributed by atoms with van der Waals surface area (Å²) in [6.45, 7) is 5.60. The Hall–Kier alpha value is -1.84. The molecule has 0 aromatic heterocycles. The summed E-state index contributed by atoms with van der Waals surface area (Å²) < 4.78 is 5.28. The first-order valence-electron chi connectivity index (χ1n) is 6.24. The molecule has 1 aromatic carbocycles. The van der Waals surface area contributed by atoms with Crippen molar-refractivity contribution in [3.63, 3.8) is 0 Å². The molecule has 0 amide bonds. The first-order valence-corrected chi connectivity index (χ1v) is 6.24. The standard InChI is InChI=1S/C15H18O4/c1-8-5-11(19-4)9(2)13-10(16)6-15(3,14(8)13)7-12(17)18/h5H,6-7H2,1-4H3,(H,17,18). The lowest BCUT2D eigenvalue weighted by Gasteiger charge is -2.25. The number of hydrogen-bond acceptors (Lipinski definition) is 3. The van der Waals surface area contributed by atoms with Crippen molar-refractivity contribution in [2.24, 2.45) is 0 Å². The van der Waals surface area contributed by atoms with Gasteiger partial charge in [0.25, 0.3) is 0 Å². The van der Waals surface area contributed by atoms with Gasteiger partial charge in [-0.15, -0.1) is 0 Å². The van der Waals surface area contributed by atoms with Gasteiger partial charge < -0.3 is 9.84 Å². The fourth-order valence-electron chi connectivity index (χ4n) is 3.24. The molecule has 0 fully saturated rings. The van der Waals surface area contributed by atoms with Gasteiger partial charge in [-0.3, -0.25) is 9.59 Å². The summed E-state index contributed by atoms with van der Waals surface area (Å²) in [5, 5.41) is 9.08. The van der Waals surface area contributed by atoms with Crippen LogP contribution in [0.25, 0.3) is 0 Å². The lowest BCUT2D eigenvalue weighted by atomic mass is 9.78. The fourth-order valence-corrected chi connectivity index (χ4v) is 3.24. The minimum atomic E-state index is -0.879. The van der Waals surface area contributed by atoms with Gasteiger partial charge in [0, 0.05) is 23.0 Å². The molecule has 0 radical (unpaired) electrons. The molecule has 1 aliphatic carbocycles. The average Bonchev–Trinajstić information content (AvgIpc) is 2.54. The lowest BCUT2D eigenvalue weighted by Crippen LogP contribution is -2.24. The van der Waals surface area contributed by atoms with E-state index >= 15 is 0 Å². The van der Waals surface area contributed by atoms with Crippen molar-refractivity contribution < 1.29 is 19.4 Å². The molecule has 0 spiro atoms. The van der Waals surface area contributed by atoms with E-state index in [2.05, 4.69) is 0 Å². The number of methoxy groups -OCH3 is 1. The number of carboxylic acid groups (broad SMARTS) is 1. The van der Waals surface area contributed by atoms with Gasteiger partial charge in [0.2, 0.25) is 0 Å². The summed E-state index contributed by atoms with van der Waals surface area (Å²) >= 11 is 0. The normalized spacial score (nSPS) is 21.4. The number of ketones is 1. The van der Waals surface area contributed by atoms with Gasteiger partial charge in [-0.2, -0.15) is 0 Å². The van der Waals surface area contributed by atoms with Crippen LogP contribution in [0, 0.1) is 13.8 Å². The van der Waals surface area contributed by atoms with Crippen molar-refractivity contribution in [3.8, 4) is 5.75 Å². The Balaban J connectivity index is 2.69. The maximum Gasteiger partial charge on any atom is 0.304 e. The zero-order valence-electron chi connectivity index (χ0n) is 11.7. The van der Waals surface area contributed by atoms with Crippen LogP contribution in [0.2, 0.25) is 0 Å². The predicted octanol–water partition coefficient (Wildman–Crippen LogP) is 2.63. The van der Waals surface area contributed by atoms with Crippen LogP contribution < -0.4 is 4.74 Å². The molecule has 1 N–H and O–H groups in total. The second-order valence-corrected chi connectivity index (χ2v) is 5.50. The molecule has 0 saturated carbocycles. The summed E-state index contributed by atoms with van der Waals surface area (Å²) in [5.74, 6) is -0.182. The zero-order chi connectivity index (χ0) is 14.4. The number of rotatable bonds is 3. The molecule has 4 nitrogen and oxygen atoms in total. The molecular formula is C15H18O4. The Morgan fingerprint density at radius 1 is 1.47 bits per heavy atom. The first-order chi connectivity index (χ1) is 8.80. The van der Waals surface area contributed by atoms with E-state index in [1.165, 1.54) is 0 Å². The van der Waals surface area contributed by atoms with Gasteiger partial charge in [0.05, 0.1) is 13.5 Å². The van der Waals surface area contributed by atoms with E-state index in [-0.39, 0.29) is 18.6 Å². The summed E-state index contributed by atoms with van der Waals surface area (Å²) in [4.78, 5) is 23.3. The molecule has 2 rings (SSSR count). The molecule has 1 unspecified atom stereocenters. The first kappa shape index (κ1) is 13.6. The predicted molar refractivity (Wildman–Crippen MR) is 71.0 cm³/mol. The van der Waals surface area contributed by atoms with Crippen LogP contribution in [0.3, 0.4) is 0 Å². The van der Waals surface area contributed by atoms with Crippen molar-refractivity contribution in [1.29, 1.82) is 0 Å². The van der Waals surface area contributed by atoms with Crippen molar-refractivity contribution in [3.05, 3.63) is 28.3 Å². The Bertz CT molecular complexity index is 574. The molecule has 102 valence electrons. The number of hydrogen-bond donors (Lipinski definition) is 1. The van der Waals surface area contributed by atoms with Crippen LogP contribution in [0.15, 0.2) is 6.07 Å². The molecule has 19 heavy (non-hydrogen) atoms. The van der Waals surface area contributed by atoms with Crippen LogP contribution >= 0.6 is 0 Å². The Labute approximate surface area is 112 Å². The van der Waals surface area contributed by atoms with Gasteiger partial charge in [-0.25, -0.2) is 0 Å². The van der Waals surface area contributed by atoms with Crippen molar-refractivity contribution in [1.82, 2.24) is 0 Å². The van der Waals surface area contributed by atoms with Crippen molar-refractivity contribution in [2.75, 3.05) is 7.11 Å². The SMILES string of the molecule is COc1cc(C)c2c(c1C)C(=O)CC2(C)CC(=O)O. The summed E-state index contributed by atoms with van der Waals surface area (Å²) in [5.41, 5.74) is 2.65. The number of Topliss-reactive ketones (excluding diaryl/α,β-unsaturated/α-hetero) is 1. The van der Waals surface area contributed by atoms with Gasteiger partial charge in [0.1, 0.15) is 5.75 Å². The van der Waals surface area contributed by atoms with Crippen molar-refractivity contribution >= 4 is 11.8 Å². The van der Waals surface area contributed by atoms with Gasteiger partial charge in [0.15, 0.2) is 5.78 Å². The highest BCUT2D eigenvalue weighted by Gasteiger charge is 2.43. The molecule has 0 bridgehead atoms. The highest BCUT2D eigenvalue weighted by Crippen LogP contribution is 2.46. The number of aliphatic carboxylic acids is 1. The van der Waals surface area contributed by atoms with Crippen LogP contribution in [0.5, 0.6) is 5.75 Å². The van der Waals surface area contributed by atoms with Gasteiger partial charge in [-0.1, -0.05) is 6.92 Å². The molecule has 1 atom stereocenters. The lowest BCUT2D eigenvalue weighted by molar-refractivity contribution is -0.138. The summed E-state index contributed by atoms with van der Waals surface area (Å²) in [6, 6.07) is 1.88. The molecule has 0 aliphatic heterocycles. The molecule has 4 heteroatoms. The van der Waals surface area contributed by atoms with Crippen LogP contribution in [0.4, 0.5) is 0 Å². The number of aryl methyl sites for hydroxylation is 1. The largest absolute Gasteiger partial charge is 0.496 e. The van der Waals surface area contributed by atoms with E-state index in [4.69, 9.17) is 9.84 Å². The average molecular weight is 262 g/mol. The van der Waals surface area contributed by atoms with Crippen LogP contribution in [0.1, 0.15) is 46.8 Å². The topological polar surface area (TPSA) is 63.6 Å². The monoisotopic (exact) mass is 262 g/mol. The van der Waals surface area contributed by atoms with E-state index < -0.39 is 11.4 Å². The highest BCUT2D eigenvalue weighted by molar-refractivity contribution is 6.05. The van der Waals surface area contributed by atoms with Crippen LogP contribution in [-0.2, 0) is 10.2 Å². The van der Waals surface area contributed by atoms with E-state index in [0.29, 0.717) is 11.3 Å². The number of ether oxygens (including phenoxy) is 1. The third kappa shape index (κ3) is 2.01. The summed E-state index contributed by atoms with van der Waals surface area (Å²) in [7, 11) is 1.57. The molecule has 0 heterocycles. The van der Waals surface area contributed by atoms with Gasteiger partial charge in [-0.05, 0) is 31.0 Å². The highest BCUT2D eigenvalue weighted by atomic mass is 16.5. The maximum absolute atomic E-state index is 12.3. The Morgan fingerprint density at radius 3 is 2.63 bits per heavy atom. The molecule has 1 aliphatic rings. The third-order valence-electron chi connectivity index (χ3n) is 3.93. The quantitative estimate of drug-likeness (QED) is 0.909. The Morgan fingerprint density at radius 2 is 2.11 bits per heavy atom. The van der Waals surface area contributed by atoms with Crippen LogP contribution in [-0.4, -0.2) is 24.0 Å². The van der Waals surface area contributed by atoms with E-state index in [1.54, 1.807) is 7.11 Å². The smallest absolute Gasteiger partial charge is 0.304 e. The number of carbonyl (C=O) groups is 2. The third-order valence-corrected chi connectivity index (χ3v) is 3.93. The molecular weight excluding hydrogens is 244 g/mol. The van der Waals surface area contributed by atoms with Crippen molar-refractivity contribution in [2.45, 2.75) is 39.0 Å². The second kappa shape index (κ2) is 4.37. The minimum Gasteiger partial charge on any atom is -0.496 e. The number of fused-ring (bicyclic) bond motifs is 1. The van der Waals surface area contributed by atoms with E-state index in [1.807, 2.05) is 26.8 Å². The molecule has 1 aromatic rings. The number of benzene rings is 1. The van der Waals surface area contributed by atoms with E-state index in [9.17, 15) is 9.59 Å². The van der Waals surface area contributed by atoms with E-state index in [0.717, 1.165) is 16.7 Å². The second-order valence-electron chi connectivity index (χ2n) is 5.50. The zero-order valence-corrected chi connectivity index (χ0v) is 11.7. The Kier molecular flexibility index (Phi) is 3.12. The fraction of sp³-hybridized carbons (Fsp3) is 0.467. The summed E-state index contributed by atoms with van der Waals surface area (Å²) in [6.07, 6.45) is 0.224. The minimum absolute atomic E-state index is 0.0123. The maximum atomic E-state index is 12.3. The van der Waals surface area contributed by atoms with Gasteiger partial charge >= 0.3 is 5.97 Å². The number of carboxylic acids is 1. The molecule has 0 saturated heterocycles. The number of carbonyl (C=O) groups excluding carboxylic acids is 1.